The molecule has 0 N–H and O–H groups in total. The maximum absolute atomic E-state index is 12.5. The molecule has 0 bridgehead atoms. The van der Waals surface area contributed by atoms with Gasteiger partial charge in [0.2, 0.25) is 0 Å². The van der Waals surface area contributed by atoms with Crippen LogP contribution in [0.15, 0.2) is 291 Å². The average molecular weight is 1500 g/mol. The fraction of sp³-hybridized carbons (Fsp3) is 0.222. The van der Waals surface area contributed by atoms with E-state index >= 15 is 0 Å². The van der Waals surface area contributed by atoms with E-state index in [9.17, 15) is 19.2 Å². The Bertz CT molecular complexity index is 6830. The predicted molar refractivity (Wildman–Crippen MR) is 488 cm³/mol. The summed E-state index contributed by atoms with van der Waals surface area (Å²) in [6.07, 6.45) is 0. The van der Waals surface area contributed by atoms with Crippen LogP contribution in [-0.4, -0.2) is 13.4 Å². The Morgan fingerprint density at radius 1 is 0.263 bits per heavy atom. The molecular formula is C108H102B2N2O2. The van der Waals surface area contributed by atoms with Gasteiger partial charge in [-0.25, -0.2) is 0 Å². The first-order valence-electron chi connectivity index (χ1n) is 46.9. The number of hydrogen-bond acceptors (Lipinski definition) is 4. The monoisotopic (exact) mass is 1490 g/mol. The van der Waals surface area contributed by atoms with Crippen LogP contribution < -0.4 is 52.1 Å². The average Bonchev–Trinajstić information content (AvgIpc) is 0.660. The van der Waals surface area contributed by atoms with E-state index in [-0.39, 0.29) is 103 Å². The largest absolute Gasteiger partial charge is 0.459 e. The van der Waals surface area contributed by atoms with Crippen LogP contribution in [0.25, 0.3) is 77.9 Å². The normalized spacial score (nSPS) is 15.3. The maximum atomic E-state index is 12.5. The molecule has 4 aliphatic rings. The maximum Gasteiger partial charge on any atom is 0.260 e. The zero-order valence-electron chi connectivity index (χ0n) is 82.5. The molecule has 0 saturated heterocycles. The molecule has 114 heavy (non-hydrogen) atoms. The van der Waals surface area contributed by atoms with Crippen molar-refractivity contribution in [1.29, 1.82) is 0 Å². The molecule has 18 rings (SSSR count). The number of para-hydroxylation sites is 2. The first-order valence-corrected chi connectivity index (χ1v) is 39.9. The number of anilines is 6. The number of ether oxygens (including phenoxy) is 2. The highest BCUT2D eigenvalue weighted by Gasteiger charge is 2.52. The topological polar surface area (TPSA) is 24.9 Å². The molecule has 6 heteroatoms. The molecule has 0 aromatic heterocycles. The van der Waals surface area contributed by atoms with Crippen molar-refractivity contribution < 1.29 is 28.7 Å². The van der Waals surface area contributed by atoms with E-state index in [1.54, 1.807) is 0 Å². The Labute approximate surface area is 697 Å². The zero-order valence-corrected chi connectivity index (χ0v) is 68.5. The Hall–Kier alpha value is -11.6. The summed E-state index contributed by atoms with van der Waals surface area (Å²) in [5, 5.41) is 0. The summed E-state index contributed by atoms with van der Waals surface area (Å²) in [6.45, 7) is 35.4. The van der Waals surface area contributed by atoms with Gasteiger partial charge in [0.15, 0.2) is 0 Å². The van der Waals surface area contributed by atoms with Crippen LogP contribution in [0.2, 0.25) is 0 Å². The van der Waals surface area contributed by atoms with Crippen LogP contribution in [0.3, 0.4) is 0 Å². The van der Waals surface area contributed by atoms with E-state index < -0.39 is 100 Å². The number of nitrogens with zero attached hydrogens (tertiary/aromatic N) is 2. The third kappa shape index (κ3) is 12.7. The van der Waals surface area contributed by atoms with Crippen molar-refractivity contribution in [3.63, 3.8) is 0 Å². The lowest BCUT2D eigenvalue weighted by atomic mass is 9.30. The SMILES string of the molecule is [2H]c1c([2H])c([2H])c2c(c1[2H])Oc1c([2H])c3c(c4c1B2c1c([2H])c([2H])c([2H])c([2H])c1O4)B1c2c(cc(C(C)(C)C)cc2N3c2c(-c3ccccc3)cc(C(C)(C)C)cc2-c2ccccc2)N(c2c(-c3ccccc3)cc(C(C)(C)C)cc2-c2ccccc2)c2c([2H])c(-c3c(-c4cccc(C(C)(C)C)c4)c([2H])c(C(C)(C)C)c([2H])c3-c3cccc(C(C)(C)C)c3)c([2H])c([2H])c21. The molecule has 0 spiro atoms. The van der Waals surface area contributed by atoms with E-state index in [4.69, 9.17) is 9.47 Å². The van der Waals surface area contributed by atoms with Gasteiger partial charge in [0, 0.05) is 56.5 Å². The summed E-state index contributed by atoms with van der Waals surface area (Å²) in [7, 11) is 0. The third-order valence-electron chi connectivity index (χ3n) is 23.2. The van der Waals surface area contributed by atoms with Gasteiger partial charge >= 0.3 is 0 Å². The summed E-state index contributed by atoms with van der Waals surface area (Å²) < 4.78 is 163. The first kappa shape index (κ1) is 59.2. The Kier molecular flexibility index (Phi) is 14.0. The fourth-order valence-electron chi connectivity index (χ4n) is 16.9. The molecule has 562 valence electrons. The van der Waals surface area contributed by atoms with Crippen molar-refractivity contribution in [3.05, 3.63) is 324 Å². The van der Waals surface area contributed by atoms with Crippen LogP contribution in [0.5, 0.6) is 23.0 Å². The summed E-state index contributed by atoms with van der Waals surface area (Å²) in [5.74, 6) is -1.04. The summed E-state index contributed by atoms with van der Waals surface area (Å²) in [5.41, 5.74) is 12.7. The minimum Gasteiger partial charge on any atom is -0.459 e. The van der Waals surface area contributed by atoms with Gasteiger partial charge in [-0.15, -0.1) is 0 Å². The van der Waals surface area contributed by atoms with Gasteiger partial charge in [-0.2, -0.15) is 0 Å². The summed E-state index contributed by atoms with van der Waals surface area (Å²) in [6, 6.07) is 63.7. The fourth-order valence-corrected chi connectivity index (χ4v) is 16.9. The van der Waals surface area contributed by atoms with Gasteiger partial charge in [-0.05, 0) is 215 Å². The molecule has 0 unspecified atom stereocenters. The van der Waals surface area contributed by atoms with Gasteiger partial charge in [0.25, 0.3) is 13.4 Å². The van der Waals surface area contributed by atoms with Crippen molar-refractivity contribution >= 4 is 80.3 Å². The van der Waals surface area contributed by atoms with Crippen LogP contribution in [0.4, 0.5) is 34.1 Å². The molecule has 4 aliphatic heterocycles. The first-order chi connectivity index (χ1) is 60.2. The zero-order chi connectivity index (χ0) is 91.6. The number of fused-ring (bicyclic) bond motifs is 9. The van der Waals surface area contributed by atoms with Crippen molar-refractivity contribution in [3.8, 4) is 101 Å². The van der Waals surface area contributed by atoms with Crippen molar-refractivity contribution in [2.24, 2.45) is 0 Å². The Morgan fingerprint density at radius 3 is 1.05 bits per heavy atom. The minimum atomic E-state index is -1.56. The lowest BCUT2D eigenvalue weighted by Crippen LogP contribution is -2.65. The van der Waals surface area contributed by atoms with Crippen LogP contribution >= 0.6 is 0 Å². The van der Waals surface area contributed by atoms with E-state index in [1.807, 2.05) is 118 Å². The van der Waals surface area contributed by atoms with E-state index in [0.717, 1.165) is 72.3 Å². The molecule has 0 radical (unpaired) electrons. The quantitative estimate of drug-likeness (QED) is 0.135. The highest BCUT2D eigenvalue weighted by Crippen LogP contribution is 2.58. The van der Waals surface area contributed by atoms with Crippen LogP contribution in [0, 0.1) is 0 Å². The standard InChI is InChI=1S/C108H102B2N2O2/c1-103(2,3)74-47-35-45-71(55-74)80-58-76(105(7,8)9)59-81(72-46-36-48-75(56-72)104(4,5)6)96(80)73-53-54-86-89(57-73)111(100-82(67-37-23-19-24-38-67)60-77(106(10,11)12)61-83(100)68-39-25-20-26-40-68)90-64-79(108(16,17)18)65-91-97(90)110(86)98-92(66-95-99-102(98)114-94-52-34-32-50-88(94)109(99)87-49-31-33-51-93(87)113-95)112(91)101-84(69-41-27-21-28-42-69)62-78(107(13,14)15)63-85(101)70-43-29-22-30-44-70/h19-66H,1-18H3/i31D,32D,33D,34D,49D,50D,51D,52D,53D,54D,57D,58D,59D,66D. The molecule has 0 atom stereocenters. The Balaban J connectivity index is 1.14. The van der Waals surface area contributed by atoms with Crippen molar-refractivity contribution in [1.82, 2.24) is 0 Å². The predicted octanol–water partition coefficient (Wildman–Crippen LogP) is 26.0. The second-order valence-electron chi connectivity index (χ2n) is 37.3. The van der Waals surface area contributed by atoms with E-state index in [2.05, 4.69) is 223 Å². The van der Waals surface area contributed by atoms with Crippen LogP contribution in [0.1, 0.15) is 177 Å². The smallest absolute Gasteiger partial charge is 0.260 e. The molecule has 0 aliphatic carbocycles. The summed E-state index contributed by atoms with van der Waals surface area (Å²) in [4.78, 5) is 4.26. The van der Waals surface area contributed by atoms with Gasteiger partial charge in [0.05, 0.1) is 30.6 Å². The molecular weight excluding hydrogens is 1380 g/mol. The number of hydrogen-bond donors (Lipinski definition) is 0. The molecule has 14 aromatic rings. The van der Waals surface area contributed by atoms with Crippen molar-refractivity contribution in [2.75, 3.05) is 9.80 Å². The van der Waals surface area contributed by atoms with Crippen molar-refractivity contribution in [2.45, 2.75) is 157 Å². The van der Waals surface area contributed by atoms with Gasteiger partial charge in [-0.3, -0.25) is 0 Å². The van der Waals surface area contributed by atoms with Gasteiger partial charge in [-0.1, -0.05) is 343 Å². The highest BCUT2D eigenvalue weighted by molar-refractivity contribution is 7.03. The third-order valence-corrected chi connectivity index (χ3v) is 23.2. The molecule has 0 saturated carbocycles. The number of rotatable bonds is 9. The lowest BCUT2D eigenvalue weighted by molar-refractivity contribution is 0.467. The van der Waals surface area contributed by atoms with Gasteiger partial charge in [0.1, 0.15) is 23.0 Å². The lowest BCUT2D eigenvalue weighted by Gasteiger charge is -2.48. The molecule has 14 aromatic carbocycles. The van der Waals surface area contributed by atoms with E-state index in [0.29, 0.717) is 56.0 Å². The van der Waals surface area contributed by atoms with Crippen LogP contribution in [-0.2, 0) is 32.5 Å². The van der Waals surface area contributed by atoms with Gasteiger partial charge < -0.3 is 19.3 Å². The summed E-state index contributed by atoms with van der Waals surface area (Å²) >= 11 is 0. The minimum absolute atomic E-state index is 0.0173. The molecule has 0 fully saturated rings. The Morgan fingerprint density at radius 2 is 0.640 bits per heavy atom. The highest BCUT2D eigenvalue weighted by atomic mass is 16.5. The second kappa shape index (κ2) is 27.1. The van der Waals surface area contributed by atoms with E-state index in [1.165, 1.54) is 0 Å². The second-order valence-corrected chi connectivity index (χ2v) is 37.3. The molecule has 0 amide bonds. The number of benzene rings is 14. The molecule has 4 nitrogen and oxygen atoms in total. The molecule has 4 heterocycles.